The van der Waals surface area contributed by atoms with Gasteiger partial charge in [-0.15, -0.1) is 22.7 Å². The minimum atomic E-state index is -0.144. The second-order valence-electron chi connectivity index (χ2n) is 3.54. The Morgan fingerprint density at radius 3 is 3.00 bits per heavy atom. The number of nitrogens with one attached hydrogen (secondary N) is 1. The summed E-state index contributed by atoms with van der Waals surface area (Å²) in [5.74, 6) is -0.144. The molecule has 0 radical (unpaired) electrons. The van der Waals surface area contributed by atoms with Crippen molar-refractivity contribution in [2.75, 3.05) is 6.54 Å². The smallest absolute Gasteiger partial charge is 0.271 e. The Balaban J connectivity index is 1.93. The first-order valence-corrected chi connectivity index (χ1v) is 7.90. The molecule has 2 aromatic rings. The van der Waals surface area contributed by atoms with Gasteiger partial charge < -0.3 is 11.1 Å². The predicted octanol–water partition coefficient (Wildman–Crippen LogP) is 2.40. The van der Waals surface area contributed by atoms with Gasteiger partial charge in [0.05, 0.1) is 11.6 Å². The molecule has 1 amide bonds. The molecule has 0 aliphatic carbocycles. The highest BCUT2D eigenvalue weighted by Crippen LogP contribution is 2.22. The van der Waals surface area contributed by atoms with Crippen molar-refractivity contribution in [1.29, 1.82) is 0 Å². The number of thiazole rings is 1. The topological polar surface area (TPSA) is 68.0 Å². The second kappa shape index (κ2) is 6.42. The molecule has 0 bridgehead atoms. The van der Waals surface area contributed by atoms with Crippen molar-refractivity contribution in [1.82, 2.24) is 10.3 Å². The highest BCUT2D eigenvalue weighted by molar-refractivity contribution is 9.10. The van der Waals surface area contributed by atoms with Crippen LogP contribution in [0.1, 0.15) is 20.4 Å². The van der Waals surface area contributed by atoms with Crippen molar-refractivity contribution in [2.24, 2.45) is 5.73 Å². The van der Waals surface area contributed by atoms with Crippen LogP contribution in [0, 0.1) is 0 Å². The first kappa shape index (κ1) is 13.7. The van der Waals surface area contributed by atoms with Crippen LogP contribution in [0.5, 0.6) is 0 Å². The molecule has 0 atom stereocenters. The Bertz CT molecular complexity index is 538. The van der Waals surface area contributed by atoms with E-state index in [1.165, 1.54) is 11.3 Å². The summed E-state index contributed by atoms with van der Waals surface area (Å²) in [6.07, 6.45) is 0.717. The van der Waals surface area contributed by atoms with Gasteiger partial charge in [0, 0.05) is 21.2 Å². The number of carbonyl (C=O) groups is 1. The summed E-state index contributed by atoms with van der Waals surface area (Å²) in [5.41, 5.74) is 5.92. The molecule has 0 aromatic carbocycles. The summed E-state index contributed by atoms with van der Waals surface area (Å²) >= 11 is 6.50. The number of nitrogens with zero attached hydrogens (tertiary/aromatic N) is 1. The lowest BCUT2D eigenvalue weighted by Crippen LogP contribution is -2.22. The summed E-state index contributed by atoms with van der Waals surface area (Å²) in [4.78, 5) is 17.2. The zero-order valence-electron chi connectivity index (χ0n) is 9.48. The average Bonchev–Trinajstić information content (AvgIpc) is 2.96. The molecular formula is C11H12BrN3OS2. The summed E-state index contributed by atoms with van der Waals surface area (Å²) in [5, 5.41) is 7.50. The zero-order chi connectivity index (χ0) is 13.0. The molecule has 2 aromatic heterocycles. The molecule has 18 heavy (non-hydrogen) atoms. The molecule has 0 unspecified atom stereocenters. The molecule has 4 nitrogen and oxygen atoms in total. The summed E-state index contributed by atoms with van der Waals surface area (Å²) in [7, 11) is 0. The lowest BCUT2D eigenvalue weighted by Gasteiger charge is -2.01. The SMILES string of the molecule is NCCc1nc(C(=O)NCc2sccc2Br)cs1. The molecule has 3 N–H and O–H groups in total. The molecular weight excluding hydrogens is 334 g/mol. The fourth-order valence-corrected chi connectivity index (χ4v) is 3.58. The van der Waals surface area contributed by atoms with Crippen LogP contribution >= 0.6 is 38.6 Å². The number of carbonyl (C=O) groups excluding carboxylic acids is 1. The van der Waals surface area contributed by atoms with Gasteiger partial charge in [-0.05, 0) is 33.9 Å². The number of hydrogen-bond acceptors (Lipinski definition) is 5. The maximum absolute atomic E-state index is 11.9. The minimum absolute atomic E-state index is 0.144. The van der Waals surface area contributed by atoms with Gasteiger partial charge in [0.25, 0.3) is 5.91 Å². The number of thiophene rings is 1. The third kappa shape index (κ3) is 3.38. The van der Waals surface area contributed by atoms with Crippen LogP contribution in [-0.2, 0) is 13.0 Å². The first-order valence-electron chi connectivity index (χ1n) is 5.35. The van der Waals surface area contributed by atoms with Gasteiger partial charge in [0.2, 0.25) is 0 Å². The van der Waals surface area contributed by atoms with Gasteiger partial charge in [-0.2, -0.15) is 0 Å². The number of aromatic nitrogens is 1. The van der Waals surface area contributed by atoms with E-state index in [0.717, 1.165) is 14.4 Å². The maximum atomic E-state index is 11.9. The van der Waals surface area contributed by atoms with E-state index < -0.39 is 0 Å². The largest absolute Gasteiger partial charge is 0.346 e. The standard InChI is InChI=1S/C11H12BrN3OS2/c12-7-2-4-17-9(7)5-14-11(16)8-6-18-10(15-8)1-3-13/h2,4,6H,1,3,5,13H2,(H,14,16). The van der Waals surface area contributed by atoms with Crippen LogP contribution < -0.4 is 11.1 Å². The van der Waals surface area contributed by atoms with Gasteiger partial charge >= 0.3 is 0 Å². The van der Waals surface area contributed by atoms with E-state index in [1.54, 1.807) is 16.7 Å². The highest BCUT2D eigenvalue weighted by Gasteiger charge is 2.11. The van der Waals surface area contributed by atoms with E-state index >= 15 is 0 Å². The van der Waals surface area contributed by atoms with Crippen LogP contribution in [0.4, 0.5) is 0 Å². The Morgan fingerprint density at radius 1 is 1.50 bits per heavy atom. The van der Waals surface area contributed by atoms with Crippen molar-refractivity contribution >= 4 is 44.5 Å². The van der Waals surface area contributed by atoms with E-state index in [2.05, 4.69) is 26.2 Å². The minimum Gasteiger partial charge on any atom is -0.346 e. The molecule has 7 heteroatoms. The van der Waals surface area contributed by atoms with Crippen molar-refractivity contribution in [3.63, 3.8) is 0 Å². The molecule has 2 rings (SSSR count). The average molecular weight is 346 g/mol. The lowest BCUT2D eigenvalue weighted by molar-refractivity contribution is 0.0947. The van der Waals surface area contributed by atoms with E-state index in [1.807, 2.05) is 11.4 Å². The fourth-order valence-electron chi connectivity index (χ4n) is 1.36. The molecule has 0 spiro atoms. The summed E-state index contributed by atoms with van der Waals surface area (Å²) in [6.45, 7) is 1.07. The van der Waals surface area contributed by atoms with Crippen LogP contribution in [0.25, 0.3) is 0 Å². The number of rotatable bonds is 5. The van der Waals surface area contributed by atoms with Crippen LogP contribution in [0.3, 0.4) is 0 Å². The lowest BCUT2D eigenvalue weighted by atomic mass is 10.4. The summed E-state index contributed by atoms with van der Waals surface area (Å²) < 4.78 is 1.02. The Kier molecular flexibility index (Phi) is 4.87. The number of amides is 1. The molecule has 2 heterocycles. The Labute approximate surface area is 121 Å². The third-order valence-corrected chi connectivity index (χ3v) is 5.08. The predicted molar refractivity (Wildman–Crippen MR) is 78.1 cm³/mol. The summed E-state index contributed by atoms with van der Waals surface area (Å²) in [6, 6.07) is 1.97. The maximum Gasteiger partial charge on any atom is 0.271 e. The first-order chi connectivity index (χ1) is 8.70. The van der Waals surface area contributed by atoms with Gasteiger partial charge in [-0.3, -0.25) is 4.79 Å². The van der Waals surface area contributed by atoms with Gasteiger partial charge in [0.1, 0.15) is 5.69 Å². The van der Waals surface area contributed by atoms with Crippen molar-refractivity contribution in [3.8, 4) is 0 Å². The van der Waals surface area contributed by atoms with Gasteiger partial charge in [-0.1, -0.05) is 0 Å². The molecule has 96 valence electrons. The molecule has 0 aliphatic heterocycles. The number of hydrogen-bond donors (Lipinski definition) is 2. The van der Waals surface area contributed by atoms with Crippen LogP contribution in [-0.4, -0.2) is 17.4 Å². The second-order valence-corrected chi connectivity index (χ2v) is 6.34. The van der Waals surface area contributed by atoms with E-state index in [9.17, 15) is 4.79 Å². The zero-order valence-corrected chi connectivity index (χ0v) is 12.7. The Morgan fingerprint density at radius 2 is 2.33 bits per heavy atom. The van der Waals surface area contributed by atoms with Gasteiger partial charge in [0.15, 0.2) is 0 Å². The monoisotopic (exact) mass is 345 g/mol. The van der Waals surface area contributed by atoms with Crippen LogP contribution in [0.2, 0.25) is 0 Å². The molecule has 0 aliphatic rings. The normalized spacial score (nSPS) is 10.6. The van der Waals surface area contributed by atoms with Crippen molar-refractivity contribution < 1.29 is 4.79 Å². The fraction of sp³-hybridized carbons (Fsp3) is 0.273. The number of halogens is 1. The molecule has 0 saturated carbocycles. The van der Waals surface area contributed by atoms with E-state index in [4.69, 9.17) is 5.73 Å². The number of nitrogens with two attached hydrogens (primary N) is 1. The quantitative estimate of drug-likeness (QED) is 0.874. The van der Waals surface area contributed by atoms with E-state index in [-0.39, 0.29) is 5.91 Å². The van der Waals surface area contributed by atoms with Crippen molar-refractivity contribution in [3.05, 3.63) is 36.9 Å². The third-order valence-electron chi connectivity index (χ3n) is 2.24. The van der Waals surface area contributed by atoms with Crippen molar-refractivity contribution in [2.45, 2.75) is 13.0 Å². The highest BCUT2D eigenvalue weighted by atomic mass is 79.9. The van der Waals surface area contributed by atoms with E-state index in [0.29, 0.717) is 25.2 Å². The molecule has 0 fully saturated rings. The van der Waals surface area contributed by atoms with Crippen LogP contribution in [0.15, 0.2) is 21.3 Å². The Hall–Kier alpha value is -0.760. The molecule has 0 saturated heterocycles. The van der Waals surface area contributed by atoms with Gasteiger partial charge in [-0.25, -0.2) is 4.98 Å².